The van der Waals surface area contributed by atoms with Crippen molar-refractivity contribution in [1.82, 2.24) is 4.98 Å². The lowest BCUT2D eigenvalue weighted by atomic mass is 10.1. The third-order valence-electron chi connectivity index (χ3n) is 3.31. The van der Waals surface area contributed by atoms with Crippen molar-refractivity contribution < 1.29 is 14.3 Å². The standard InChI is InChI=1S/C16H11N5O5/c22-20(23)12-4-1-3-11(9-12)15-7-6-13(26-15)10-18-19-16-14(21(24)25)5-2-8-17-16/h1-10H,(H,17,19)/b18-10-. The third kappa shape index (κ3) is 3.70. The zero-order chi connectivity index (χ0) is 18.5. The molecule has 0 unspecified atom stereocenters. The molecule has 0 radical (unpaired) electrons. The number of hydrogen-bond acceptors (Lipinski definition) is 8. The molecule has 3 aromatic rings. The Morgan fingerprint density at radius 1 is 1.08 bits per heavy atom. The minimum atomic E-state index is -0.571. The van der Waals surface area contributed by atoms with E-state index >= 15 is 0 Å². The van der Waals surface area contributed by atoms with Gasteiger partial charge in [-0.2, -0.15) is 5.10 Å². The van der Waals surface area contributed by atoms with E-state index in [-0.39, 0.29) is 17.2 Å². The van der Waals surface area contributed by atoms with Crippen molar-refractivity contribution in [1.29, 1.82) is 0 Å². The van der Waals surface area contributed by atoms with E-state index in [0.717, 1.165) is 0 Å². The number of rotatable bonds is 6. The topological polar surface area (TPSA) is 137 Å². The quantitative estimate of drug-likeness (QED) is 0.406. The summed E-state index contributed by atoms with van der Waals surface area (Å²) < 4.78 is 5.55. The Bertz CT molecular complexity index is 998. The van der Waals surface area contributed by atoms with Crippen molar-refractivity contribution in [3.63, 3.8) is 0 Å². The average Bonchev–Trinajstić information content (AvgIpc) is 3.11. The van der Waals surface area contributed by atoms with Crippen LogP contribution >= 0.6 is 0 Å². The highest BCUT2D eigenvalue weighted by Crippen LogP contribution is 2.25. The van der Waals surface area contributed by atoms with E-state index in [4.69, 9.17) is 4.42 Å². The van der Waals surface area contributed by atoms with Crippen LogP contribution in [0.2, 0.25) is 0 Å². The molecule has 2 aromatic heterocycles. The summed E-state index contributed by atoms with van der Waals surface area (Å²) in [6.07, 6.45) is 2.72. The van der Waals surface area contributed by atoms with Gasteiger partial charge in [0.05, 0.1) is 16.1 Å². The second kappa shape index (κ2) is 7.21. The molecular weight excluding hydrogens is 342 g/mol. The maximum atomic E-state index is 10.9. The number of furan rings is 1. The van der Waals surface area contributed by atoms with Crippen molar-refractivity contribution in [2.24, 2.45) is 5.10 Å². The Labute approximate surface area is 146 Å². The van der Waals surface area contributed by atoms with E-state index in [1.807, 2.05) is 0 Å². The fourth-order valence-electron chi connectivity index (χ4n) is 2.14. The van der Waals surface area contributed by atoms with Gasteiger partial charge >= 0.3 is 5.69 Å². The van der Waals surface area contributed by atoms with Crippen LogP contribution in [0.4, 0.5) is 17.2 Å². The van der Waals surface area contributed by atoms with Crippen LogP contribution in [0.1, 0.15) is 5.76 Å². The van der Waals surface area contributed by atoms with Crippen LogP contribution in [0.3, 0.4) is 0 Å². The van der Waals surface area contributed by atoms with Crippen molar-refractivity contribution >= 4 is 23.4 Å². The highest BCUT2D eigenvalue weighted by atomic mass is 16.6. The maximum absolute atomic E-state index is 10.9. The molecule has 0 saturated heterocycles. The Balaban J connectivity index is 1.75. The fraction of sp³-hybridized carbons (Fsp3) is 0. The number of hydrogen-bond donors (Lipinski definition) is 1. The molecule has 0 saturated carbocycles. The minimum absolute atomic E-state index is 0.000728. The van der Waals surface area contributed by atoms with Crippen LogP contribution in [0, 0.1) is 20.2 Å². The smallest absolute Gasteiger partial charge is 0.313 e. The summed E-state index contributed by atoms with van der Waals surface area (Å²) in [5.74, 6) is 0.788. The Kier molecular flexibility index (Phi) is 4.65. The van der Waals surface area contributed by atoms with Crippen molar-refractivity contribution in [2.45, 2.75) is 0 Å². The highest BCUT2D eigenvalue weighted by Gasteiger charge is 2.13. The first kappa shape index (κ1) is 16.8. The van der Waals surface area contributed by atoms with Gasteiger partial charge in [0.1, 0.15) is 11.5 Å². The van der Waals surface area contributed by atoms with Gasteiger partial charge in [0, 0.05) is 30.0 Å². The molecule has 3 rings (SSSR count). The summed E-state index contributed by atoms with van der Waals surface area (Å²) in [4.78, 5) is 24.5. The number of nitro groups is 2. The summed E-state index contributed by atoms with van der Waals surface area (Å²) in [7, 11) is 0. The van der Waals surface area contributed by atoms with Gasteiger partial charge in [-0.25, -0.2) is 4.98 Å². The molecule has 2 heterocycles. The molecule has 0 atom stereocenters. The molecule has 1 aromatic carbocycles. The first-order valence-corrected chi connectivity index (χ1v) is 7.28. The lowest BCUT2D eigenvalue weighted by Crippen LogP contribution is -1.98. The van der Waals surface area contributed by atoms with Gasteiger partial charge in [-0.15, -0.1) is 0 Å². The maximum Gasteiger partial charge on any atom is 0.313 e. The van der Waals surface area contributed by atoms with Gasteiger partial charge in [-0.1, -0.05) is 12.1 Å². The normalized spacial score (nSPS) is 10.8. The number of nitrogens with one attached hydrogen (secondary N) is 1. The monoisotopic (exact) mass is 353 g/mol. The molecular formula is C16H11N5O5. The lowest BCUT2D eigenvalue weighted by molar-refractivity contribution is -0.384. The van der Waals surface area contributed by atoms with E-state index < -0.39 is 9.85 Å². The second-order valence-corrected chi connectivity index (χ2v) is 5.01. The zero-order valence-corrected chi connectivity index (χ0v) is 13.1. The fourth-order valence-corrected chi connectivity index (χ4v) is 2.14. The van der Waals surface area contributed by atoms with E-state index in [1.165, 1.54) is 36.7 Å². The van der Waals surface area contributed by atoms with Gasteiger partial charge in [0.25, 0.3) is 5.69 Å². The molecule has 0 aliphatic heterocycles. The molecule has 0 aliphatic carbocycles. The molecule has 10 heteroatoms. The van der Waals surface area contributed by atoms with E-state index in [0.29, 0.717) is 17.1 Å². The molecule has 0 fully saturated rings. The summed E-state index contributed by atoms with van der Waals surface area (Å²) in [5, 5.41) is 25.6. The summed E-state index contributed by atoms with van der Waals surface area (Å²) >= 11 is 0. The Morgan fingerprint density at radius 2 is 1.92 bits per heavy atom. The van der Waals surface area contributed by atoms with E-state index in [1.54, 1.807) is 24.3 Å². The number of nitrogens with zero attached hydrogens (tertiary/aromatic N) is 4. The van der Waals surface area contributed by atoms with Gasteiger partial charge in [-0.3, -0.25) is 25.7 Å². The molecule has 1 N–H and O–H groups in total. The number of nitro benzene ring substituents is 1. The largest absolute Gasteiger partial charge is 0.455 e. The highest BCUT2D eigenvalue weighted by molar-refractivity contribution is 5.78. The van der Waals surface area contributed by atoms with Crippen LogP contribution in [0.15, 0.2) is 64.2 Å². The Hall–Kier alpha value is -4.08. The molecule has 0 bridgehead atoms. The van der Waals surface area contributed by atoms with Crippen LogP contribution in [0.5, 0.6) is 0 Å². The number of anilines is 1. The van der Waals surface area contributed by atoms with Gasteiger partial charge < -0.3 is 4.42 Å². The number of aromatic nitrogens is 1. The van der Waals surface area contributed by atoms with Crippen molar-refractivity contribution in [3.8, 4) is 11.3 Å². The van der Waals surface area contributed by atoms with Crippen molar-refractivity contribution in [2.75, 3.05) is 5.43 Å². The van der Waals surface area contributed by atoms with Crippen LogP contribution in [-0.4, -0.2) is 21.0 Å². The predicted octanol–water partition coefficient (Wildman–Crippen LogP) is 3.60. The molecule has 0 spiro atoms. The minimum Gasteiger partial charge on any atom is -0.455 e. The van der Waals surface area contributed by atoms with Gasteiger partial charge in [0.15, 0.2) is 0 Å². The SMILES string of the molecule is O=[N+]([O-])c1cccc(-c2ccc(/C=N\Nc3ncccc3[N+](=O)[O-])o2)c1. The first-order chi connectivity index (χ1) is 12.5. The third-order valence-corrected chi connectivity index (χ3v) is 3.31. The average molecular weight is 353 g/mol. The lowest BCUT2D eigenvalue weighted by Gasteiger charge is -1.99. The molecule has 130 valence electrons. The summed E-state index contributed by atoms with van der Waals surface area (Å²) in [6, 6.07) is 12.0. The number of pyridine rings is 1. The molecule has 0 aliphatic rings. The number of benzene rings is 1. The summed E-state index contributed by atoms with van der Waals surface area (Å²) in [5.41, 5.74) is 2.78. The second-order valence-electron chi connectivity index (χ2n) is 5.01. The number of hydrazone groups is 1. The first-order valence-electron chi connectivity index (χ1n) is 7.28. The van der Waals surface area contributed by atoms with E-state index in [9.17, 15) is 20.2 Å². The van der Waals surface area contributed by atoms with Crippen LogP contribution in [0.25, 0.3) is 11.3 Å². The van der Waals surface area contributed by atoms with Crippen molar-refractivity contribution in [3.05, 3.63) is 80.7 Å². The van der Waals surface area contributed by atoms with E-state index in [2.05, 4.69) is 15.5 Å². The summed E-state index contributed by atoms with van der Waals surface area (Å²) in [6.45, 7) is 0. The van der Waals surface area contributed by atoms with Gasteiger partial charge in [0.2, 0.25) is 5.82 Å². The molecule has 10 nitrogen and oxygen atoms in total. The Morgan fingerprint density at radius 3 is 2.69 bits per heavy atom. The van der Waals surface area contributed by atoms with Crippen LogP contribution in [-0.2, 0) is 0 Å². The number of non-ortho nitro benzene ring substituents is 1. The van der Waals surface area contributed by atoms with Crippen LogP contribution < -0.4 is 5.43 Å². The molecule has 0 amide bonds. The van der Waals surface area contributed by atoms with Gasteiger partial charge in [-0.05, 0) is 18.2 Å². The predicted molar refractivity (Wildman–Crippen MR) is 92.9 cm³/mol. The zero-order valence-electron chi connectivity index (χ0n) is 13.1. The molecule has 26 heavy (non-hydrogen) atoms.